The standard InChI is InChI=1S/C7H8F3N3/c1-12-6-5(7(8,9)10)2-4(11)3-13-6/h2-3H,11H2,1H3,(H,12,13). The van der Waals surface area contributed by atoms with Gasteiger partial charge in [-0.3, -0.25) is 0 Å². The quantitative estimate of drug-likeness (QED) is 0.710. The molecule has 0 saturated heterocycles. The lowest BCUT2D eigenvalue weighted by atomic mass is 10.2. The van der Waals surface area contributed by atoms with Crippen LogP contribution < -0.4 is 11.1 Å². The molecule has 1 aromatic rings. The van der Waals surface area contributed by atoms with E-state index >= 15 is 0 Å². The number of hydrogen-bond donors (Lipinski definition) is 2. The molecule has 0 saturated carbocycles. The number of aromatic nitrogens is 1. The van der Waals surface area contributed by atoms with Crippen LogP contribution in [0.4, 0.5) is 24.7 Å². The Hall–Kier alpha value is -1.46. The SMILES string of the molecule is CNc1ncc(N)cc1C(F)(F)F. The Morgan fingerprint density at radius 1 is 1.46 bits per heavy atom. The lowest BCUT2D eigenvalue weighted by Crippen LogP contribution is -2.11. The van der Waals surface area contributed by atoms with Gasteiger partial charge in [-0.2, -0.15) is 13.2 Å². The van der Waals surface area contributed by atoms with Gasteiger partial charge in [-0.25, -0.2) is 4.98 Å². The molecule has 0 atom stereocenters. The Bertz CT molecular complexity index is 308. The van der Waals surface area contributed by atoms with E-state index in [0.29, 0.717) is 0 Å². The molecule has 0 radical (unpaired) electrons. The molecule has 13 heavy (non-hydrogen) atoms. The predicted molar refractivity (Wildman–Crippen MR) is 43.2 cm³/mol. The number of nitrogens with zero attached hydrogens (tertiary/aromatic N) is 1. The molecule has 0 fully saturated rings. The van der Waals surface area contributed by atoms with Crippen LogP contribution in [0.3, 0.4) is 0 Å². The van der Waals surface area contributed by atoms with Gasteiger partial charge in [0, 0.05) is 7.05 Å². The van der Waals surface area contributed by atoms with Gasteiger partial charge in [0.25, 0.3) is 0 Å². The van der Waals surface area contributed by atoms with E-state index in [1.54, 1.807) is 0 Å². The third-order valence-corrected chi connectivity index (χ3v) is 1.45. The van der Waals surface area contributed by atoms with Crippen molar-refractivity contribution in [2.75, 3.05) is 18.1 Å². The zero-order chi connectivity index (χ0) is 10.1. The van der Waals surface area contributed by atoms with Crippen molar-refractivity contribution in [3.8, 4) is 0 Å². The van der Waals surface area contributed by atoms with Crippen molar-refractivity contribution in [2.24, 2.45) is 0 Å². The summed E-state index contributed by atoms with van der Waals surface area (Å²) in [7, 11) is 1.37. The Morgan fingerprint density at radius 3 is 2.54 bits per heavy atom. The molecule has 0 aromatic carbocycles. The highest BCUT2D eigenvalue weighted by Gasteiger charge is 2.34. The van der Waals surface area contributed by atoms with Crippen LogP contribution in [0, 0.1) is 0 Å². The number of nitrogens with two attached hydrogens (primary N) is 1. The number of nitrogen functional groups attached to an aromatic ring is 1. The summed E-state index contributed by atoms with van der Waals surface area (Å²) in [5, 5.41) is 2.34. The summed E-state index contributed by atoms with van der Waals surface area (Å²) >= 11 is 0. The third kappa shape index (κ3) is 2.01. The van der Waals surface area contributed by atoms with Crippen molar-refractivity contribution < 1.29 is 13.2 Å². The fraction of sp³-hybridized carbons (Fsp3) is 0.286. The summed E-state index contributed by atoms with van der Waals surface area (Å²) in [5.41, 5.74) is 4.33. The summed E-state index contributed by atoms with van der Waals surface area (Å²) in [6.07, 6.45) is -3.26. The number of alkyl halides is 3. The Balaban J connectivity index is 3.24. The minimum absolute atomic E-state index is 0.00803. The van der Waals surface area contributed by atoms with Gasteiger partial charge in [-0.15, -0.1) is 0 Å². The Kier molecular flexibility index (Phi) is 2.31. The Morgan fingerprint density at radius 2 is 2.08 bits per heavy atom. The number of anilines is 2. The topological polar surface area (TPSA) is 50.9 Å². The first-order valence-corrected chi connectivity index (χ1v) is 3.45. The van der Waals surface area contributed by atoms with Crippen LogP contribution >= 0.6 is 0 Å². The molecule has 1 heterocycles. The normalized spacial score (nSPS) is 11.4. The second-order valence-electron chi connectivity index (χ2n) is 2.41. The highest BCUT2D eigenvalue weighted by Crippen LogP contribution is 2.34. The summed E-state index contributed by atoms with van der Waals surface area (Å²) < 4.78 is 36.8. The van der Waals surface area contributed by atoms with Crippen LogP contribution in [0.1, 0.15) is 5.56 Å². The van der Waals surface area contributed by atoms with Crippen molar-refractivity contribution in [2.45, 2.75) is 6.18 Å². The molecule has 3 N–H and O–H groups in total. The second-order valence-corrected chi connectivity index (χ2v) is 2.41. The molecular weight excluding hydrogens is 183 g/mol. The maximum Gasteiger partial charge on any atom is 0.420 e. The first kappa shape index (κ1) is 9.63. The summed E-state index contributed by atoms with van der Waals surface area (Å²) in [5.74, 6) is -0.221. The molecule has 0 bridgehead atoms. The van der Waals surface area contributed by atoms with Crippen LogP contribution in [0.5, 0.6) is 0 Å². The van der Waals surface area contributed by atoms with Gasteiger partial charge < -0.3 is 11.1 Å². The first-order valence-electron chi connectivity index (χ1n) is 3.45. The van der Waals surface area contributed by atoms with Gasteiger partial charge in [-0.1, -0.05) is 0 Å². The van der Waals surface area contributed by atoms with E-state index in [0.717, 1.165) is 6.07 Å². The van der Waals surface area contributed by atoms with Crippen molar-refractivity contribution >= 4 is 11.5 Å². The van der Waals surface area contributed by atoms with Gasteiger partial charge in [-0.05, 0) is 6.07 Å². The van der Waals surface area contributed by atoms with Gasteiger partial charge in [0.15, 0.2) is 0 Å². The average molecular weight is 191 g/mol. The molecule has 1 aromatic heterocycles. The minimum atomic E-state index is -4.43. The van der Waals surface area contributed by atoms with Gasteiger partial charge in [0.2, 0.25) is 0 Å². The van der Waals surface area contributed by atoms with E-state index in [-0.39, 0.29) is 11.5 Å². The molecule has 0 aliphatic rings. The smallest absolute Gasteiger partial charge is 0.397 e. The second kappa shape index (κ2) is 3.12. The van der Waals surface area contributed by atoms with E-state index in [2.05, 4.69) is 10.3 Å². The fourth-order valence-corrected chi connectivity index (χ4v) is 0.896. The molecule has 0 aliphatic carbocycles. The third-order valence-electron chi connectivity index (χ3n) is 1.45. The molecule has 0 spiro atoms. The maximum absolute atomic E-state index is 12.3. The van der Waals surface area contributed by atoms with Crippen LogP contribution in [0.15, 0.2) is 12.3 Å². The molecule has 3 nitrogen and oxygen atoms in total. The minimum Gasteiger partial charge on any atom is -0.397 e. The number of pyridine rings is 1. The van der Waals surface area contributed by atoms with E-state index in [1.165, 1.54) is 13.2 Å². The molecule has 0 aliphatic heterocycles. The highest BCUT2D eigenvalue weighted by molar-refractivity contribution is 5.52. The molecule has 6 heteroatoms. The zero-order valence-corrected chi connectivity index (χ0v) is 6.81. The number of halogens is 3. The average Bonchev–Trinajstić information content (AvgIpc) is 2.03. The molecule has 0 amide bonds. The largest absolute Gasteiger partial charge is 0.420 e. The van der Waals surface area contributed by atoms with Gasteiger partial charge in [0.1, 0.15) is 5.82 Å². The lowest BCUT2D eigenvalue weighted by Gasteiger charge is -2.11. The fourth-order valence-electron chi connectivity index (χ4n) is 0.896. The summed E-state index contributed by atoms with van der Waals surface area (Å²) in [4.78, 5) is 3.51. The van der Waals surface area contributed by atoms with Crippen molar-refractivity contribution in [1.29, 1.82) is 0 Å². The molecular formula is C7H8F3N3. The van der Waals surface area contributed by atoms with E-state index in [4.69, 9.17) is 5.73 Å². The van der Waals surface area contributed by atoms with E-state index in [1.807, 2.05) is 0 Å². The zero-order valence-electron chi connectivity index (χ0n) is 6.81. The van der Waals surface area contributed by atoms with Crippen molar-refractivity contribution in [1.82, 2.24) is 4.98 Å². The van der Waals surface area contributed by atoms with Gasteiger partial charge >= 0.3 is 6.18 Å². The molecule has 1 rings (SSSR count). The monoisotopic (exact) mass is 191 g/mol. The van der Waals surface area contributed by atoms with Crippen LogP contribution in [-0.4, -0.2) is 12.0 Å². The summed E-state index contributed by atoms with van der Waals surface area (Å²) in [6, 6.07) is 0.846. The van der Waals surface area contributed by atoms with Crippen LogP contribution in [-0.2, 0) is 6.18 Å². The lowest BCUT2D eigenvalue weighted by molar-refractivity contribution is -0.137. The number of hydrogen-bond acceptors (Lipinski definition) is 3. The molecule has 0 unspecified atom stereocenters. The van der Waals surface area contributed by atoms with Crippen LogP contribution in [0.2, 0.25) is 0 Å². The van der Waals surface area contributed by atoms with Crippen LogP contribution in [0.25, 0.3) is 0 Å². The van der Waals surface area contributed by atoms with Gasteiger partial charge in [0.05, 0.1) is 17.4 Å². The van der Waals surface area contributed by atoms with Crippen molar-refractivity contribution in [3.63, 3.8) is 0 Å². The Labute approximate surface area is 72.8 Å². The number of rotatable bonds is 1. The molecule has 72 valence electrons. The first-order chi connectivity index (χ1) is 5.95. The predicted octanol–water partition coefficient (Wildman–Crippen LogP) is 1.72. The maximum atomic E-state index is 12.3. The van der Waals surface area contributed by atoms with Crippen molar-refractivity contribution in [3.05, 3.63) is 17.8 Å². The van der Waals surface area contributed by atoms with E-state index < -0.39 is 11.7 Å². The summed E-state index contributed by atoms with van der Waals surface area (Å²) in [6.45, 7) is 0. The van der Waals surface area contributed by atoms with E-state index in [9.17, 15) is 13.2 Å². The number of nitrogens with one attached hydrogen (secondary N) is 1. The highest BCUT2D eigenvalue weighted by atomic mass is 19.4.